The number of halogens is 2. The van der Waals surface area contributed by atoms with Crippen molar-refractivity contribution in [3.05, 3.63) is 58.1 Å². The molecule has 212 valence electrons. The summed E-state index contributed by atoms with van der Waals surface area (Å²) in [5.74, 6) is -0.0576. The Labute approximate surface area is 243 Å². The first kappa shape index (κ1) is 28.3. The second-order valence-electron chi connectivity index (χ2n) is 10.4. The first-order chi connectivity index (χ1) is 19.4. The maximum Gasteiger partial charge on any atom is 0.323 e. The summed E-state index contributed by atoms with van der Waals surface area (Å²) in [5, 5.41) is 11.8. The van der Waals surface area contributed by atoms with Crippen molar-refractivity contribution in [2.45, 2.75) is 76.1 Å². The van der Waals surface area contributed by atoms with Gasteiger partial charge in [0.25, 0.3) is 0 Å². The minimum Gasteiger partial charge on any atom is -0.461 e. The quantitative estimate of drug-likeness (QED) is 0.323. The van der Waals surface area contributed by atoms with Crippen LogP contribution in [-0.4, -0.2) is 56.4 Å². The molecule has 2 aromatic heterocycles. The van der Waals surface area contributed by atoms with Crippen LogP contribution < -0.4 is 16.4 Å². The summed E-state index contributed by atoms with van der Waals surface area (Å²) >= 11 is 12.6. The molecular formula is C28H33Cl2N7O3. The number of esters is 1. The van der Waals surface area contributed by atoms with Crippen LogP contribution in [0.1, 0.15) is 49.8 Å². The Balaban J connectivity index is 1.15. The van der Waals surface area contributed by atoms with Crippen LogP contribution in [0.3, 0.4) is 0 Å². The molecule has 1 saturated carbocycles. The molecule has 2 aliphatic rings. The van der Waals surface area contributed by atoms with Crippen molar-refractivity contribution in [2.24, 2.45) is 0 Å². The minimum absolute atomic E-state index is 0.0287. The highest BCUT2D eigenvalue weighted by atomic mass is 35.5. The Bertz CT molecular complexity index is 1340. The third-order valence-electron chi connectivity index (χ3n) is 7.42. The lowest BCUT2D eigenvalue weighted by Gasteiger charge is -2.30. The number of ether oxygens (including phenoxy) is 1. The van der Waals surface area contributed by atoms with E-state index in [9.17, 15) is 9.59 Å². The van der Waals surface area contributed by atoms with Crippen molar-refractivity contribution in [3.8, 4) is 11.3 Å². The molecule has 0 bridgehead atoms. The summed E-state index contributed by atoms with van der Waals surface area (Å²) in [4.78, 5) is 34.3. The smallest absolute Gasteiger partial charge is 0.323 e. The molecule has 0 spiro atoms. The molecule has 1 aromatic carbocycles. The fourth-order valence-electron chi connectivity index (χ4n) is 5.26. The Morgan fingerprint density at radius 2 is 1.90 bits per heavy atom. The molecule has 3 aromatic rings. The molecule has 2 fully saturated rings. The molecule has 1 aliphatic carbocycles. The third-order valence-corrected chi connectivity index (χ3v) is 8.13. The van der Waals surface area contributed by atoms with E-state index in [1.165, 1.54) is 0 Å². The lowest BCUT2D eigenvalue weighted by atomic mass is 9.99. The van der Waals surface area contributed by atoms with E-state index in [1.807, 2.05) is 0 Å². The first-order valence-electron chi connectivity index (χ1n) is 13.7. The fourth-order valence-corrected chi connectivity index (χ4v) is 5.84. The van der Waals surface area contributed by atoms with Crippen LogP contribution in [0.2, 0.25) is 10.0 Å². The number of nitrogens with zero attached hydrogens (tertiary/aromatic N) is 4. The summed E-state index contributed by atoms with van der Waals surface area (Å²) in [6.07, 6.45) is 11.4. The number of anilines is 1. The number of amides is 1. The number of nitrogen functional groups attached to an aromatic ring is 1. The van der Waals surface area contributed by atoms with Crippen molar-refractivity contribution < 1.29 is 14.3 Å². The molecular weight excluding hydrogens is 553 g/mol. The second kappa shape index (κ2) is 13.0. The SMILES string of the molecule is Nc1ncc(-c2cnn(CC(=O)NC3CCN[C@@H](C(=O)OC4CCCC4)C3)c2)nc1CCc1c(Cl)cccc1Cl. The van der Waals surface area contributed by atoms with E-state index in [2.05, 4.69) is 25.7 Å². The average molecular weight is 587 g/mol. The predicted molar refractivity (Wildman–Crippen MR) is 153 cm³/mol. The van der Waals surface area contributed by atoms with Gasteiger partial charge in [0.05, 0.1) is 23.8 Å². The minimum atomic E-state index is -0.400. The van der Waals surface area contributed by atoms with Crippen LogP contribution in [0, 0.1) is 0 Å². The molecule has 4 N–H and O–H groups in total. The third kappa shape index (κ3) is 7.10. The van der Waals surface area contributed by atoms with Crippen molar-refractivity contribution in [2.75, 3.05) is 12.3 Å². The zero-order chi connectivity index (χ0) is 28.1. The number of hydrogen-bond acceptors (Lipinski definition) is 8. The number of benzene rings is 1. The van der Waals surface area contributed by atoms with Crippen molar-refractivity contribution in [3.63, 3.8) is 0 Å². The van der Waals surface area contributed by atoms with E-state index < -0.39 is 6.04 Å². The van der Waals surface area contributed by atoms with Crippen LogP contribution in [-0.2, 0) is 33.7 Å². The van der Waals surface area contributed by atoms with E-state index in [1.54, 1.807) is 41.5 Å². The number of nitrogens with two attached hydrogens (primary N) is 1. The zero-order valence-electron chi connectivity index (χ0n) is 22.1. The van der Waals surface area contributed by atoms with Gasteiger partial charge >= 0.3 is 5.97 Å². The first-order valence-corrected chi connectivity index (χ1v) is 14.4. The van der Waals surface area contributed by atoms with Crippen LogP contribution in [0.25, 0.3) is 11.3 Å². The number of rotatable bonds is 9. The fraction of sp³-hybridized carbons (Fsp3) is 0.464. The van der Waals surface area contributed by atoms with Crippen molar-refractivity contribution in [1.82, 2.24) is 30.4 Å². The van der Waals surface area contributed by atoms with Gasteiger partial charge in [-0.1, -0.05) is 29.3 Å². The van der Waals surface area contributed by atoms with E-state index in [0.717, 1.165) is 37.7 Å². The Hall–Kier alpha value is -3.21. The van der Waals surface area contributed by atoms with Gasteiger partial charge in [0.2, 0.25) is 5.91 Å². The van der Waals surface area contributed by atoms with Gasteiger partial charge < -0.3 is 21.1 Å². The van der Waals surface area contributed by atoms with Gasteiger partial charge in [-0.05, 0) is 75.6 Å². The average Bonchev–Trinajstić information content (AvgIpc) is 3.62. The molecule has 2 atom stereocenters. The molecule has 1 aliphatic heterocycles. The largest absolute Gasteiger partial charge is 0.461 e. The maximum atomic E-state index is 12.8. The lowest BCUT2D eigenvalue weighted by Crippen LogP contribution is -2.52. The number of nitrogens with one attached hydrogen (secondary N) is 2. The normalized spacial score (nSPS) is 19.4. The molecule has 12 heteroatoms. The van der Waals surface area contributed by atoms with E-state index in [4.69, 9.17) is 33.7 Å². The highest BCUT2D eigenvalue weighted by Gasteiger charge is 2.31. The molecule has 5 rings (SSSR count). The Morgan fingerprint density at radius 3 is 2.67 bits per heavy atom. The van der Waals surface area contributed by atoms with E-state index >= 15 is 0 Å². The molecule has 10 nitrogen and oxygen atoms in total. The standard InChI is InChI=1S/C28H33Cl2N7O3/c29-21-6-3-7-22(30)20(21)8-9-23-27(31)33-14-25(36-23)17-13-34-37(15-17)16-26(38)35-18-10-11-32-24(12-18)28(39)40-19-4-1-2-5-19/h3,6-7,13-15,18-19,24,32H,1-2,4-5,8-12,16H2,(H2,31,33)(H,35,38)/t18?,24-/m1/s1. The zero-order valence-corrected chi connectivity index (χ0v) is 23.6. The molecule has 3 heterocycles. The number of carbonyl (C=O) groups is 2. The van der Waals surface area contributed by atoms with Crippen molar-refractivity contribution in [1.29, 1.82) is 0 Å². The summed E-state index contributed by atoms with van der Waals surface area (Å²) in [6.45, 7) is 0.684. The summed E-state index contributed by atoms with van der Waals surface area (Å²) in [7, 11) is 0. The van der Waals surface area contributed by atoms with Crippen LogP contribution in [0.15, 0.2) is 36.8 Å². The number of hydrogen-bond donors (Lipinski definition) is 3. The van der Waals surface area contributed by atoms with Gasteiger partial charge in [-0.25, -0.2) is 9.97 Å². The molecule has 1 amide bonds. The number of aryl methyl sites for hydroxylation is 1. The summed E-state index contributed by atoms with van der Waals surface area (Å²) < 4.78 is 7.20. The van der Waals surface area contributed by atoms with Gasteiger partial charge in [-0.15, -0.1) is 0 Å². The van der Waals surface area contributed by atoms with Crippen LogP contribution >= 0.6 is 23.2 Å². The number of carbonyl (C=O) groups excluding carboxylic acids is 2. The molecule has 40 heavy (non-hydrogen) atoms. The van der Waals surface area contributed by atoms with E-state index in [-0.39, 0.29) is 30.6 Å². The number of aromatic nitrogens is 4. The van der Waals surface area contributed by atoms with Crippen LogP contribution in [0.5, 0.6) is 0 Å². The summed E-state index contributed by atoms with van der Waals surface area (Å²) in [6, 6.07) is 4.89. The Morgan fingerprint density at radius 1 is 1.12 bits per heavy atom. The molecule has 0 radical (unpaired) electrons. The Kier molecular flexibility index (Phi) is 9.18. The van der Waals surface area contributed by atoms with Gasteiger partial charge in [0, 0.05) is 27.8 Å². The highest BCUT2D eigenvalue weighted by molar-refractivity contribution is 6.36. The maximum absolute atomic E-state index is 12.8. The van der Waals surface area contributed by atoms with Gasteiger partial charge in [-0.3, -0.25) is 14.3 Å². The van der Waals surface area contributed by atoms with E-state index in [0.29, 0.717) is 58.6 Å². The highest BCUT2D eigenvalue weighted by Crippen LogP contribution is 2.27. The summed E-state index contributed by atoms with van der Waals surface area (Å²) in [5.41, 5.74) is 8.87. The molecule has 1 saturated heterocycles. The lowest BCUT2D eigenvalue weighted by molar-refractivity contribution is -0.152. The van der Waals surface area contributed by atoms with Gasteiger partial charge in [0.1, 0.15) is 24.5 Å². The number of piperidine rings is 1. The van der Waals surface area contributed by atoms with Gasteiger partial charge in [-0.2, -0.15) is 5.10 Å². The molecule has 1 unspecified atom stereocenters. The van der Waals surface area contributed by atoms with Gasteiger partial charge in [0.15, 0.2) is 0 Å². The van der Waals surface area contributed by atoms with Crippen molar-refractivity contribution >= 4 is 40.9 Å². The van der Waals surface area contributed by atoms with Crippen LogP contribution in [0.4, 0.5) is 5.82 Å². The topological polar surface area (TPSA) is 137 Å². The second-order valence-corrected chi connectivity index (χ2v) is 11.2. The monoisotopic (exact) mass is 585 g/mol. The predicted octanol–water partition coefficient (Wildman–Crippen LogP) is 3.74.